The fraction of sp³-hybridized carbons (Fsp3) is 0.154. The zero-order valence-electron chi connectivity index (χ0n) is 10.9. The number of aromatic nitrogens is 4. The summed E-state index contributed by atoms with van der Waals surface area (Å²) in [5, 5.41) is 8.46. The Labute approximate surface area is 124 Å². The quantitative estimate of drug-likeness (QED) is 0.768. The van der Waals surface area contributed by atoms with Crippen LogP contribution >= 0.6 is 11.3 Å². The third-order valence-corrected chi connectivity index (χ3v) is 3.59. The fourth-order valence-corrected chi connectivity index (χ4v) is 2.37. The van der Waals surface area contributed by atoms with E-state index in [1.54, 1.807) is 17.5 Å². The molecule has 21 heavy (non-hydrogen) atoms. The first-order chi connectivity index (χ1) is 10.3. The summed E-state index contributed by atoms with van der Waals surface area (Å²) >= 11 is 1.65. The Morgan fingerprint density at radius 2 is 2.33 bits per heavy atom. The topological polar surface area (TPSA) is 93.8 Å². The molecule has 0 aromatic carbocycles. The number of hydrogen-bond acceptors (Lipinski definition) is 7. The smallest absolute Gasteiger partial charge is 0.316 e. The van der Waals surface area contributed by atoms with Crippen molar-refractivity contribution >= 4 is 17.2 Å². The van der Waals surface area contributed by atoms with Crippen LogP contribution in [0, 0.1) is 0 Å². The molecule has 0 fully saturated rings. The predicted molar refractivity (Wildman–Crippen MR) is 75.7 cm³/mol. The van der Waals surface area contributed by atoms with Crippen LogP contribution in [-0.2, 0) is 6.42 Å². The molecule has 106 valence electrons. The molecule has 0 aliphatic rings. The molecule has 8 heteroatoms. The van der Waals surface area contributed by atoms with Crippen LogP contribution in [0.25, 0.3) is 11.5 Å². The van der Waals surface area contributed by atoms with Crippen LogP contribution in [0.1, 0.15) is 15.6 Å². The third-order valence-electron chi connectivity index (χ3n) is 2.65. The third kappa shape index (κ3) is 3.29. The summed E-state index contributed by atoms with van der Waals surface area (Å²) in [4.78, 5) is 25.0. The number of nitrogens with one attached hydrogen (secondary N) is 1. The Kier molecular flexibility index (Phi) is 3.97. The van der Waals surface area contributed by atoms with Crippen molar-refractivity contribution < 1.29 is 9.32 Å². The normalized spacial score (nSPS) is 10.5. The lowest BCUT2D eigenvalue weighted by atomic mass is 10.3. The van der Waals surface area contributed by atoms with Crippen molar-refractivity contribution in [2.24, 2.45) is 0 Å². The van der Waals surface area contributed by atoms with Crippen LogP contribution < -0.4 is 5.32 Å². The molecular formula is C13H11N5O2S. The van der Waals surface area contributed by atoms with Gasteiger partial charge in [-0.15, -0.1) is 11.3 Å². The van der Waals surface area contributed by atoms with Crippen LogP contribution in [0.3, 0.4) is 0 Å². The van der Waals surface area contributed by atoms with Gasteiger partial charge in [-0.1, -0.05) is 11.2 Å². The molecule has 3 heterocycles. The first-order valence-electron chi connectivity index (χ1n) is 6.23. The molecule has 7 nitrogen and oxygen atoms in total. The molecule has 0 spiro atoms. The van der Waals surface area contributed by atoms with Crippen LogP contribution in [-0.4, -0.2) is 32.6 Å². The highest BCUT2D eigenvalue weighted by Crippen LogP contribution is 2.11. The van der Waals surface area contributed by atoms with Gasteiger partial charge >= 0.3 is 11.8 Å². The molecule has 3 aromatic rings. The van der Waals surface area contributed by atoms with E-state index in [0.29, 0.717) is 12.2 Å². The number of carbonyl (C=O) groups excluding carboxylic acids is 1. The Balaban J connectivity index is 1.59. The number of rotatable bonds is 5. The monoisotopic (exact) mass is 301 g/mol. The van der Waals surface area contributed by atoms with Crippen molar-refractivity contribution in [2.45, 2.75) is 6.42 Å². The molecule has 3 rings (SSSR count). The van der Waals surface area contributed by atoms with E-state index in [1.165, 1.54) is 17.3 Å². The number of hydrogen-bond donors (Lipinski definition) is 1. The molecule has 0 atom stereocenters. The highest BCUT2D eigenvalue weighted by Gasteiger charge is 2.16. The number of nitrogens with zero attached hydrogens (tertiary/aromatic N) is 4. The predicted octanol–water partition coefficient (Wildman–Crippen LogP) is 1.56. The van der Waals surface area contributed by atoms with Gasteiger partial charge in [0.25, 0.3) is 0 Å². The summed E-state index contributed by atoms with van der Waals surface area (Å²) in [7, 11) is 0. The van der Waals surface area contributed by atoms with Crippen molar-refractivity contribution in [3.05, 3.63) is 46.9 Å². The zero-order valence-corrected chi connectivity index (χ0v) is 11.7. The summed E-state index contributed by atoms with van der Waals surface area (Å²) in [5.74, 6) is -0.234. The second-order valence-electron chi connectivity index (χ2n) is 4.10. The van der Waals surface area contributed by atoms with E-state index in [0.717, 1.165) is 6.42 Å². The number of thiophene rings is 1. The highest BCUT2D eigenvalue weighted by atomic mass is 32.1. The van der Waals surface area contributed by atoms with Gasteiger partial charge in [0, 0.05) is 23.8 Å². The fourth-order valence-electron chi connectivity index (χ4n) is 1.66. The molecule has 1 N–H and O–H groups in total. The van der Waals surface area contributed by atoms with Crippen LogP contribution in [0.2, 0.25) is 0 Å². The molecule has 1 amide bonds. The minimum absolute atomic E-state index is 0.0816. The first-order valence-corrected chi connectivity index (χ1v) is 7.11. The van der Waals surface area contributed by atoms with Crippen molar-refractivity contribution in [2.75, 3.05) is 6.54 Å². The Hall–Kier alpha value is -2.61. The van der Waals surface area contributed by atoms with Gasteiger partial charge in [0.2, 0.25) is 5.82 Å². The average Bonchev–Trinajstić information content (AvgIpc) is 3.20. The molecule has 0 saturated heterocycles. The van der Waals surface area contributed by atoms with Crippen LogP contribution in [0.5, 0.6) is 0 Å². The average molecular weight is 301 g/mol. The summed E-state index contributed by atoms with van der Waals surface area (Å²) in [6.45, 7) is 0.516. The van der Waals surface area contributed by atoms with Gasteiger partial charge in [0.1, 0.15) is 5.69 Å². The van der Waals surface area contributed by atoms with Gasteiger partial charge in [-0.3, -0.25) is 9.78 Å². The molecule has 0 unspecified atom stereocenters. The molecule has 0 aliphatic heterocycles. The van der Waals surface area contributed by atoms with E-state index in [4.69, 9.17) is 4.52 Å². The van der Waals surface area contributed by atoms with Crippen molar-refractivity contribution in [3.8, 4) is 11.5 Å². The van der Waals surface area contributed by atoms with E-state index in [-0.39, 0.29) is 11.7 Å². The standard InChI is InChI=1S/C13H11N5O2S/c19-12(16-4-3-9-2-1-7-21-9)13-17-11(18-20-13)10-8-14-5-6-15-10/h1-2,5-8H,3-4H2,(H,16,19). The van der Waals surface area contributed by atoms with E-state index in [1.807, 2.05) is 17.5 Å². The second kappa shape index (κ2) is 6.23. The SMILES string of the molecule is O=C(NCCc1cccs1)c1nc(-c2cnccn2)no1. The van der Waals surface area contributed by atoms with E-state index >= 15 is 0 Å². The van der Waals surface area contributed by atoms with Gasteiger partial charge in [-0.25, -0.2) is 4.98 Å². The molecule has 0 aliphatic carbocycles. The maximum atomic E-state index is 11.9. The zero-order chi connectivity index (χ0) is 14.5. The van der Waals surface area contributed by atoms with Gasteiger partial charge < -0.3 is 9.84 Å². The molecular weight excluding hydrogens is 290 g/mol. The Morgan fingerprint density at radius 3 is 3.10 bits per heavy atom. The van der Waals surface area contributed by atoms with E-state index < -0.39 is 5.91 Å². The molecule has 0 radical (unpaired) electrons. The minimum Gasteiger partial charge on any atom is -0.347 e. The van der Waals surface area contributed by atoms with Gasteiger partial charge in [-0.2, -0.15) is 4.98 Å². The maximum Gasteiger partial charge on any atom is 0.316 e. The lowest BCUT2D eigenvalue weighted by Crippen LogP contribution is -2.25. The summed E-state index contributed by atoms with van der Waals surface area (Å²) < 4.78 is 4.93. The van der Waals surface area contributed by atoms with Crippen molar-refractivity contribution in [1.29, 1.82) is 0 Å². The Bertz CT molecular complexity index is 711. The summed E-state index contributed by atoms with van der Waals surface area (Å²) in [5.41, 5.74) is 0.457. The van der Waals surface area contributed by atoms with Crippen molar-refractivity contribution in [1.82, 2.24) is 25.4 Å². The summed E-state index contributed by atoms with van der Waals surface area (Å²) in [6.07, 6.45) is 5.34. The van der Waals surface area contributed by atoms with E-state index in [9.17, 15) is 4.79 Å². The molecule has 0 bridgehead atoms. The van der Waals surface area contributed by atoms with Crippen LogP contribution in [0.4, 0.5) is 0 Å². The van der Waals surface area contributed by atoms with Gasteiger partial charge in [-0.05, 0) is 17.9 Å². The first kappa shape index (κ1) is 13.4. The largest absolute Gasteiger partial charge is 0.347 e. The van der Waals surface area contributed by atoms with E-state index in [2.05, 4.69) is 25.4 Å². The molecule has 0 saturated carbocycles. The van der Waals surface area contributed by atoms with Crippen molar-refractivity contribution in [3.63, 3.8) is 0 Å². The number of amides is 1. The maximum absolute atomic E-state index is 11.9. The van der Waals surface area contributed by atoms with Gasteiger partial charge in [0.15, 0.2) is 0 Å². The Morgan fingerprint density at radius 1 is 1.38 bits per heavy atom. The van der Waals surface area contributed by atoms with Crippen LogP contribution in [0.15, 0.2) is 40.6 Å². The molecule has 3 aromatic heterocycles. The lowest BCUT2D eigenvalue weighted by Gasteiger charge is -1.99. The highest BCUT2D eigenvalue weighted by molar-refractivity contribution is 7.09. The van der Waals surface area contributed by atoms with Gasteiger partial charge in [0.05, 0.1) is 6.20 Å². The lowest BCUT2D eigenvalue weighted by molar-refractivity contribution is 0.0910. The minimum atomic E-state index is -0.394. The number of carbonyl (C=O) groups is 1. The second-order valence-corrected chi connectivity index (χ2v) is 5.13. The summed E-state index contributed by atoms with van der Waals surface area (Å²) in [6, 6.07) is 4.00.